The first kappa shape index (κ1) is 16.1. The SMILES string of the molecule is COC(=O)c1ccc(CNC(=O)CN2CCc3ccccc32)cc1. The number of methoxy groups -OCH3 is 1. The highest BCUT2D eigenvalue weighted by Gasteiger charge is 2.20. The highest BCUT2D eigenvalue weighted by atomic mass is 16.5. The van der Waals surface area contributed by atoms with E-state index in [-0.39, 0.29) is 11.9 Å². The molecule has 0 saturated carbocycles. The second-order valence-corrected chi connectivity index (χ2v) is 5.77. The number of para-hydroxylation sites is 1. The first-order valence-corrected chi connectivity index (χ1v) is 7.94. The predicted octanol–water partition coefficient (Wildman–Crippen LogP) is 2.15. The van der Waals surface area contributed by atoms with E-state index in [0.717, 1.165) is 24.2 Å². The lowest BCUT2D eigenvalue weighted by Crippen LogP contribution is -2.36. The highest BCUT2D eigenvalue weighted by molar-refractivity contribution is 5.89. The Balaban J connectivity index is 1.52. The summed E-state index contributed by atoms with van der Waals surface area (Å²) in [7, 11) is 1.35. The molecule has 0 bridgehead atoms. The maximum Gasteiger partial charge on any atom is 0.337 e. The standard InChI is InChI=1S/C19H20N2O3/c1-24-19(23)16-8-6-14(7-9-16)12-20-18(22)13-21-11-10-15-4-2-3-5-17(15)21/h2-9H,10-13H2,1H3,(H,20,22). The third-order valence-electron chi connectivity index (χ3n) is 4.18. The molecule has 3 rings (SSSR count). The van der Waals surface area contributed by atoms with Gasteiger partial charge in [-0.15, -0.1) is 0 Å². The molecule has 0 saturated heterocycles. The number of hydrogen-bond acceptors (Lipinski definition) is 4. The second-order valence-electron chi connectivity index (χ2n) is 5.77. The van der Waals surface area contributed by atoms with E-state index < -0.39 is 0 Å². The van der Waals surface area contributed by atoms with Crippen molar-refractivity contribution in [2.24, 2.45) is 0 Å². The van der Waals surface area contributed by atoms with Gasteiger partial charge in [-0.1, -0.05) is 30.3 Å². The average Bonchev–Trinajstić information content (AvgIpc) is 3.03. The fourth-order valence-electron chi connectivity index (χ4n) is 2.88. The lowest BCUT2D eigenvalue weighted by molar-refractivity contribution is -0.119. The van der Waals surface area contributed by atoms with Crippen molar-refractivity contribution >= 4 is 17.6 Å². The van der Waals surface area contributed by atoms with Gasteiger partial charge in [0.2, 0.25) is 5.91 Å². The quantitative estimate of drug-likeness (QED) is 0.856. The van der Waals surface area contributed by atoms with Crippen LogP contribution in [0.15, 0.2) is 48.5 Å². The predicted molar refractivity (Wildman–Crippen MR) is 92.0 cm³/mol. The lowest BCUT2D eigenvalue weighted by atomic mass is 10.1. The third-order valence-corrected chi connectivity index (χ3v) is 4.18. The van der Waals surface area contributed by atoms with Crippen molar-refractivity contribution in [1.29, 1.82) is 0 Å². The van der Waals surface area contributed by atoms with E-state index in [1.165, 1.54) is 12.7 Å². The number of carbonyl (C=O) groups is 2. The minimum Gasteiger partial charge on any atom is -0.465 e. The number of fused-ring (bicyclic) bond motifs is 1. The second kappa shape index (κ2) is 7.17. The van der Waals surface area contributed by atoms with Crippen LogP contribution < -0.4 is 10.2 Å². The fraction of sp³-hybridized carbons (Fsp3) is 0.263. The van der Waals surface area contributed by atoms with Crippen molar-refractivity contribution in [1.82, 2.24) is 5.32 Å². The lowest BCUT2D eigenvalue weighted by Gasteiger charge is -2.18. The van der Waals surface area contributed by atoms with Crippen LogP contribution in [0, 0.1) is 0 Å². The van der Waals surface area contributed by atoms with Crippen LogP contribution in [0.3, 0.4) is 0 Å². The molecule has 1 N–H and O–H groups in total. The van der Waals surface area contributed by atoms with E-state index in [4.69, 9.17) is 0 Å². The molecular formula is C19H20N2O3. The van der Waals surface area contributed by atoms with Crippen LogP contribution in [0.25, 0.3) is 0 Å². The molecule has 2 aromatic carbocycles. The number of hydrogen-bond donors (Lipinski definition) is 1. The van der Waals surface area contributed by atoms with Gasteiger partial charge in [0.25, 0.3) is 0 Å². The Morgan fingerprint density at radius 1 is 1.12 bits per heavy atom. The molecule has 1 aliphatic heterocycles. The minimum absolute atomic E-state index is 0.0104. The van der Waals surface area contributed by atoms with Gasteiger partial charge < -0.3 is 15.0 Å². The van der Waals surface area contributed by atoms with E-state index >= 15 is 0 Å². The molecule has 1 aliphatic rings. The zero-order valence-electron chi connectivity index (χ0n) is 13.6. The Hall–Kier alpha value is -2.82. The largest absolute Gasteiger partial charge is 0.465 e. The van der Waals surface area contributed by atoms with Crippen LogP contribution in [0.4, 0.5) is 5.69 Å². The molecule has 0 aliphatic carbocycles. The van der Waals surface area contributed by atoms with Crippen molar-refractivity contribution in [3.8, 4) is 0 Å². The van der Waals surface area contributed by atoms with Crippen LogP contribution in [-0.4, -0.2) is 32.1 Å². The topological polar surface area (TPSA) is 58.6 Å². The van der Waals surface area contributed by atoms with Crippen LogP contribution >= 0.6 is 0 Å². The summed E-state index contributed by atoms with van der Waals surface area (Å²) >= 11 is 0. The first-order valence-electron chi connectivity index (χ1n) is 7.94. The van der Waals surface area contributed by atoms with Gasteiger partial charge in [0.1, 0.15) is 0 Å². The Morgan fingerprint density at radius 2 is 1.88 bits per heavy atom. The number of rotatable bonds is 5. The summed E-state index contributed by atoms with van der Waals surface area (Å²) in [5, 5.41) is 2.92. The summed E-state index contributed by atoms with van der Waals surface area (Å²) in [6, 6.07) is 15.2. The number of ether oxygens (including phenoxy) is 1. The summed E-state index contributed by atoms with van der Waals surface area (Å²) in [5.41, 5.74) is 3.89. The minimum atomic E-state index is -0.363. The molecule has 1 amide bonds. The van der Waals surface area contributed by atoms with Gasteiger partial charge >= 0.3 is 5.97 Å². The van der Waals surface area contributed by atoms with Crippen molar-refractivity contribution < 1.29 is 14.3 Å². The van der Waals surface area contributed by atoms with E-state index in [0.29, 0.717) is 18.7 Å². The molecule has 1 heterocycles. The Kier molecular flexibility index (Phi) is 4.79. The maximum absolute atomic E-state index is 12.2. The molecule has 24 heavy (non-hydrogen) atoms. The van der Waals surface area contributed by atoms with Gasteiger partial charge in [-0.3, -0.25) is 4.79 Å². The van der Waals surface area contributed by atoms with Crippen molar-refractivity contribution in [2.75, 3.05) is 25.1 Å². The van der Waals surface area contributed by atoms with Crippen LogP contribution in [0.5, 0.6) is 0 Å². The van der Waals surface area contributed by atoms with Crippen LogP contribution in [-0.2, 0) is 22.5 Å². The number of anilines is 1. The zero-order valence-corrected chi connectivity index (χ0v) is 13.6. The molecular weight excluding hydrogens is 304 g/mol. The number of carbonyl (C=O) groups excluding carboxylic acids is 2. The maximum atomic E-state index is 12.2. The van der Waals surface area contributed by atoms with Gasteiger partial charge in [-0.25, -0.2) is 4.79 Å². The molecule has 5 heteroatoms. The van der Waals surface area contributed by atoms with Crippen molar-refractivity contribution in [3.05, 3.63) is 65.2 Å². The van der Waals surface area contributed by atoms with Gasteiger partial charge in [0, 0.05) is 18.8 Å². The van der Waals surface area contributed by atoms with Crippen molar-refractivity contribution in [3.63, 3.8) is 0 Å². The molecule has 124 valence electrons. The summed E-state index contributed by atoms with van der Waals surface area (Å²) in [5.74, 6) is -0.373. The average molecular weight is 324 g/mol. The third kappa shape index (κ3) is 3.56. The van der Waals surface area contributed by atoms with Crippen LogP contribution in [0.1, 0.15) is 21.5 Å². The van der Waals surface area contributed by atoms with E-state index in [1.807, 2.05) is 24.3 Å². The summed E-state index contributed by atoms with van der Waals surface area (Å²) in [6.07, 6.45) is 0.985. The molecule has 0 aromatic heterocycles. The number of nitrogens with one attached hydrogen (secondary N) is 1. The number of nitrogens with zero attached hydrogens (tertiary/aromatic N) is 1. The van der Waals surface area contributed by atoms with E-state index in [2.05, 4.69) is 27.1 Å². The fourth-order valence-corrected chi connectivity index (χ4v) is 2.88. The van der Waals surface area contributed by atoms with Gasteiger partial charge in [-0.2, -0.15) is 0 Å². The Bertz CT molecular complexity index is 741. The molecule has 0 spiro atoms. The van der Waals surface area contributed by atoms with Gasteiger partial charge in [0.05, 0.1) is 19.2 Å². The van der Waals surface area contributed by atoms with Gasteiger partial charge in [-0.05, 0) is 35.7 Å². The monoisotopic (exact) mass is 324 g/mol. The first-order chi connectivity index (χ1) is 11.7. The molecule has 5 nitrogen and oxygen atoms in total. The van der Waals surface area contributed by atoms with E-state index in [9.17, 15) is 9.59 Å². The smallest absolute Gasteiger partial charge is 0.337 e. The molecule has 0 atom stereocenters. The molecule has 0 radical (unpaired) electrons. The van der Waals surface area contributed by atoms with Crippen LogP contribution in [0.2, 0.25) is 0 Å². The summed E-state index contributed by atoms with van der Waals surface area (Å²) in [4.78, 5) is 25.7. The zero-order chi connectivity index (χ0) is 16.9. The molecule has 0 unspecified atom stereocenters. The summed E-state index contributed by atoms with van der Waals surface area (Å²) < 4.78 is 4.66. The molecule has 2 aromatic rings. The normalized spacial score (nSPS) is 12.6. The number of amides is 1. The Labute approximate surface area is 141 Å². The van der Waals surface area contributed by atoms with Crippen molar-refractivity contribution in [2.45, 2.75) is 13.0 Å². The highest BCUT2D eigenvalue weighted by Crippen LogP contribution is 2.26. The molecule has 0 fully saturated rings. The summed E-state index contributed by atoms with van der Waals surface area (Å²) in [6.45, 7) is 1.67. The number of benzene rings is 2. The van der Waals surface area contributed by atoms with E-state index in [1.54, 1.807) is 12.1 Å². The number of esters is 1. The van der Waals surface area contributed by atoms with Gasteiger partial charge in [0.15, 0.2) is 0 Å². The Morgan fingerprint density at radius 3 is 2.62 bits per heavy atom.